The fraction of sp³-hybridized carbons (Fsp3) is 0.261. The van der Waals surface area contributed by atoms with Crippen LogP contribution in [0.4, 0.5) is 5.82 Å². The predicted molar refractivity (Wildman–Crippen MR) is 113 cm³/mol. The van der Waals surface area contributed by atoms with Gasteiger partial charge in [-0.25, -0.2) is 0 Å². The number of hydrogen-bond donors (Lipinski definition) is 3. The lowest BCUT2D eigenvalue weighted by Crippen LogP contribution is -2.27. The standard InChI is InChI=1S/C23H24N4O2/c24-22-19(13-20(26-27-22)18-3-1-2-4-21(18)28)16-9-5-14(6-10-16)15-7-11-17(12-8-15)23(25)29/h1-6,9-10,13,15,17,28H,7-8,11-12H2,(H2,24,27)(H2,25,29). The highest BCUT2D eigenvalue weighted by Crippen LogP contribution is 2.37. The van der Waals surface area contributed by atoms with Crippen molar-refractivity contribution < 1.29 is 9.90 Å². The van der Waals surface area contributed by atoms with Crippen molar-refractivity contribution in [2.75, 3.05) is 5.73 Å². The summed E-state index contributed by atoms with van der Waals surface area (Å²) in [5.74, 6) is 0.781. The largest absolute Gasteiger partial charge is 0.507 e. The predicted octanol–water partition coefficient (Wildman–Crippen LogP) is 3.86. The Hall–Kier alpha value is -3.41. The molecule has 0 radical (unpaired) electrons. The van der Waals surface area contributed by atoms with E-state index >= 15 is 0 Å². The van der Waals surface area contributed by atoms with Crippen molar-refractivity contribution in [3.8, 4) is 28.1 Å². The highest BCUT2D eigenvalue weighted by molar-refractivity contribution is 5.79. The summed E-state index contributed by atoms with van der Waals surface area (Å²) in [6.45, 7) is 0. The number of amides is 1. The molecular weight excluding hydrogens is 364 g/mol. The topological polar surface area (TPSA) is 115 Å². The molecule has 0 bridgehead atoms. The van der Waals surface area contributed by atoms with Crippen LogP contribution in [0.2, 0.25) is 0 Å². The van der Waals surface area contributed by atoms with Gasteiger partial charge in [-0.1, -0.05) is 36.4 Å². The van der Waals surface area contributed by atoms with E-state index < -0.39 is 0 Å². The maximum absolute atomic E-state index is 11.4. The van der Waals surface area contributed by atoms with Gasteiger partial charge in [0.2, 0.25) is 5.91 Å². The number of para-hydroxylation sites is 1. The summed E-state index contributed by atoms with van der Waals surface area (Å²) >= 11 is 0. The second kappa shape index (κ2) is 7.91. The van der Waals surface area contributed by atoms with Crippen molar-refractivity contribution in [3.05, 3.63) is 60.2 Å². The number of rotatable bonds is 4. The van der Waals surface area contributed by atoms with Crippen LogP contribution in [0.15, 0.2) is 54.6 Å². The molecule has 1 fully saturated rings. The van der Waals surface area contributed by atoms with E-state index in [0.29, 0.717) is 23.0 Å². The molecule has 0 atom stereocenters. The summed E-state index contributed by atoms with van der Waals surface area (Å²) in [4.78, 5) is 11.4. The number of phenols is 1. The molecule has 0 unspecified atom stereocenters. The van der Waals surface area contributed by atoms with Crippen LogP contribution >= 0.6 is 0 Å². The average Bonchev–Trinajstić information content (AvgIpc) is 2.75. The molecule has 2 aromatic carbocycles. The van der Waals surface area contributed by atoms with Crippen LogP contribution in [0.5, 0.6) is 5.75 Å². The van der Waals surface area contributed by atoms with Gasteiger partial charge in [0.05, 0.1) is 5.69 Å². The number of carbonyl (C=O) groups is 1. The first kappa shape index (κ1) is 18.9. The Kier molecular flexibility index (Phi) is 5.16. The molecular formula is C23H24N4O2. The molecule has 0 saturated heterocycles. The fourth-order valence-electron chi connectivity index (χ4n) is 4.10. The van der Waals surface area contributed by atoms with Gasteiger partial charge < -0.3 is 16.6 Å². The Bertz CT molecular complexity index is 1030. The fourth-order valence-corrected chi connectivity index (χ4v) is 4.10. The van der Waals surface area contributed by atoms with Crippen LogP contribution in [0, 0.1) is 5.92 Å². The Morgan fingerprint density at radius 2 is 1.62 bits per heavy atom. The third-order valence-corrected chi connectivity index (χ3v) is 5.83. The van der Waals surface area contributed by atoms with Crippen LogP contribution in [0.1, 0.15) is 37.2 Å². The van der Waals surface area contributed by atoms with Crippen molar-refractivity contribution in [2.45, 2.75) is 31.6 Å². The van der Waals surface area contributed by atoms with E-state index in [9.17, 15) is 9.90 Å². The normalized spacial score (nSPS) is 19.0. The van der Waals surface area contributed by atoms with E-state index in [4.69, 9.17) is 11.5 Å². The number of nitrogens with two attached hydrogens (primary N) is 2. The molecule has 6 heteroatoms. The lowest BCUT2D eigenvalue weighted by molar-refractivity contribution is -0.122. The molecule has 0 aliphatic heterocycles. The van der Waals surface area contributed by atoms with Gasteiger partial charge in [-0.3, -0.25) is 4.79 Å². The monoisotopic (exact) mass is 388 g/mol. The van der Waals surface area contributed by atoms with E-state index in [-0.39, 0.29) is 17.6 Å². The third-order valence-electron chi connectivity index (χ3n) is 5.83. The van der Waals surface area contributed by atoms with Crippen LogP contribution < -0.4 is 11.5 Å². The zero-order chi connectivity index (χ0) is 20.4. The lowest BCUT2D eigenvalue weighted by Gasteiger charge is -2.27. The molecule has 29 heavy (non-hydrogen) atoms. The lowest BCUT2D eigenvalue weighted by atomic mass is 9.78. The zero-order valence-corrected chi connectivity index (χ0v) is 16.1. The summed E-state index contributed by atoms with van der Waals surface area (Å²) < 4.78 is 0. The summed E-state index contributed by atoms with van der Waals surface area (Å²) in [6, 6.07) is 17.2. The van der Waals surface area contributed by atoms with Crippen molar-refractivity contribution in [2.24, 2.45) is 11.7 Å². The van der Waals surface area contributed by atoms with Crippen molar-refractivity contribution in [3.63, 3.8) is 0 Å². The highest BCUT2D eigenvalue weighted by atomic mass is 16.3. The van der Waals surface area contributed by atoms with Gasteiger partial charge in [-0.2, -0.15) is 0 Å². The molecule has 5 N–H and O–H groups in total. The second-order valence-corrected chi connectivity index (χ2v) is 7.62. The van der Waals surface area contributed by atoms with E-state index in [0.717, 1.165) is 36.8 Å². The molecule has 4 rings (SSSR count). The first-order valence-corrected chi connectivity index (χ1v) is 9.84. The summed E-state index contributed by atoms with van der Waals surface area (Å²) in [6.07, 6.45) is 3.66. The van der Waals surface area contributed by atoms with Gasteiger partial charge in [0, 0.05) is 17.0 Å². The number of phenolic OH excluding ortho intramolecular Hbond substituents is 1. The molecule has 0 spiro atoms. The Morgan fingerprint density at radius 1 is 0.931 bits per heavy atom. The average molecular weight is 388 g/mol. The van der Waals surface area contributed by atoms with E-state index in [1.165, 1.54) is 5.56 Å². The van der Waals surface area contributed by atoms with Crippen molar-refractivity contribution >= 4 is 11.7 Å². The molecule has 148 valence electrons. The number of aromatic hydroxyl groups is 1. The summed E-state index contributed by atoms with van der Waals surface area (Å²) in [7, 11) is 0. The van der Waals surface area contributed by atoms with Crippen LogP contribution in [0.3, 0.4) is 0 Å². The molecule has 1 amide bonds. The Labute approximate surface area is 169 Å². The van der Waals surface area contributed by atoms with Gasteiger partial charge >= 0.3 is 0 Å². The number of hydrogen-bond acceptors (Lipinski definition) is 5. The van der Waals surface area contributed by atoms with Crippen molar-refractivity contribution in [1.29, 1.82) is 0 Å². The molecule has 1 aromatic heterocycles. The van der Waals surface area contributed by atoms with Gasteiger partial charge in [0.25, 0.3) is 0 Å². The quantitative estimate of drug-likeness (QED) is 0.628. The summed E-state index contributed by atoms with van der Waals surface area (Å²) in [5.41, 5.74) is 15.7. The third kappa shape index (κ3) is 3.92. The molecule has 1 aliphatic rings. The number of anilines is 1. The first-order chi connectivity index (χ1) is 14.0. The second-order valence-electron chi connectivity index (χ2n) is 7.62. The van der Waals surface area contributed by atoms with Gasteiger partial charge in [0.15, 0.2) is 5.82 Å². The highest BCUT2D eigenvalue weighted by Gasteiger charge is 2.25. The molecule has 6 nitrogen and oxygen atoms in total. The Morgan fingerprint density at radius 3 is 2.28 bits per heavy atom. The maximum Gasteiger partial charge on any atom is 0.220 e. The first-order valence-electron chi connectivity index (χ1n) is 9.84. The minimum atomic E-state index is -0.181. The van der Waals surface area contributed by atoms with Crippen LogP contribution in [0.25, 0.3) is 22.4 Å². The van der Waals surface area contributed by atoms with Gasteiger partial charge in [0.1, 0.15) is 5.75 Å². The number of nitrogen functional groups attached to an aromatic ring is 1. The van der Waals surface area contributed by atoms with Gasteiger partial charge in [-0.05, 0) is 60.9 Å². The minimum absolute atomic E-state index is 0.0149. The minimum Gasteiger partial charge on any atom is -0.507 e. The van der Waals surface area contributed by atoms with Gasteiger partial charge in [-0.15, -0.1) is 10.2 Å². The Balaban J connectivity index is 1.57. The number of carbonyl (C=O) groups excluding carboxylic acids is 1. The number of nitrogens with zero attached hydrogens (tertiary/aromatic N) is 2. The maximum atomic E-state index is 11.4. The SMILES string of the molecule is NC(=O)C1CCC(c2ccc(-c3cc(-c4ccccc4O)nnc3N)cc2)CC1. The van der Waals surface area contributed by atoms with Crippen molar-refractivity contribution in [1.82, 2.24) is 10.2 Å². The molecule has 1 aliphatic carbocycles. The van der Waals surface area contributed by atoms with E-state index in [1.54, 1.807) is 18.2 Å². The zero-order valence-electron chi connectivity index (χ0n) is 16.1. The molecule has 3 aromatic rings. The summed E-state index contributed by atoms with van der Waals surface area (Å²) in [5, 5.41) is 18.3. The van der Waals surface area contributed by atoms with Crippen LogP contribution in [-0.2, 0) is 4.79 Å². The van der Waals surface area contributed by atoms with E-state index in [2.05, 4.69) is 22.3 Å². The van der Waals surface area contributed by atoms with Crippen LogP contribution in [-0.4, -0.2) is 21.2 Å². The van der Waals surface area contributed by atoms with E-state index in [1.807, 2.05) is 24.3 Å². The molecule has 1 saturated carbocycles. The number of benzene rings is 2. The number of aromatic nitrogens is 2. The smallest absolute Gasteiger partial charge is 0.220 e. The number of primary amides is 1. The molecule has 1 heterocycles.